The van der Waals surface area contributed by atoms with E-state index in [2.05, 4.69) is 48.8 Å². The lowest BCUT2D eigenvalue weighted by Gasteiger charge is -2.36. The van der Waals surface area contributed by atoms with Gasteiger partial charge in [-0.05, 0) is 18.6 Å². The molecule has 4 heteroatoms. The van der Waals surface area contributed by atoms with Crippen LogP contribution in [0.15, 0.2) is 54.6 Å². The maximum absolute atomic E-state index is 6.10. The average molecular weight is 301 g/mol. The zero-order chi connectivity index (χ0) is 14.7. The molecule has 21 heavy (non-hydrogen) atoms. The van der Waals surface area contributed by atoms with Crippen LogP contribution in [0.3, 0.4) is 0 Å². The largest absolute Gasteiger partial charge is 0.435 e. The molecule has 2 aromatic carbocycles. The van der Waals surface area contributed by atoms with E-state index in [4.69, 9.17) is 9.05 Å². The summed E-state index contributed by atoms with van der Waals surface area (Å²) in [6.07, 6.45) is 0. The van der Waals surface area contributed by atoms with Gasteiger partial charge in [-0.2, -0.15) is 0 Å². The Kier molecular flexibility index (Phi) is 4.54. The second kappa shape index (κ2) is 6.57. The van der Waals surface area contributed by atoms with Gasteiger partial charge in [0.2, 0.25) is 0 Å². The number of hydrogen-bond acceptors (Lipinski definition) is 3. The normalized spacial score (nSPS) is 18.9. The summed E-state index contributed by atoms with van der Waals surface area (Å²) in [5.74, 6) is 0.952. The summed E-state index contributed by atoms with van der Waals surface area (Å²) < 4.78 is 14.4. The van der Waals surface area contributed by atoms with E-state index < -0.39 is 8.53 Å². The Labute approximate surface area is 127 Å². The van der Waals surface area contributed by atoms with Crippen molar-refractivity contribution in [1.29, 1.82) is 0 Å². The fraction of sp³-hybridized carbons (Fsp3) is 0.294. The second-order valence-corrected chi connectivity index (χ2v) is 6.48. The molecule has 2 aromatic rings. The van der Waals surface area contributed by atoms with E-state index in [0.29, 0.717) is 6.61 Å². The van der Waals surface area contributed by atoms with Crippen molar-refractivity contribution in [2.24, 2.45) is 0 Å². The first-order valence-electron chi connectivity index (χ1n) is 7.30. The first kappa shape index (κ1) is 14.5. The van der Waals surface area contributed by atoms with Crippen LogP contribution < -0.4 is 4.52 Å². The quantitative estimate of drug-likeness (QED) is 0.749. The molecule has 1 unspecified atom stereocenters. The Hall–Kier alpha value is -1.41. The highest BCUT2D eigenvalue weighted by molar-refractivity contribution is 7.45. The Balaban J connectivity index is 1.79. The molecule has 0 aromatic heterocycles. The van der Waals surface area contributed by atoms with Gasteiger partial charge in [0.15, 0.2) is 0 Å². The van der Waals surface area contributed by atoms with Crippen LogP contribution in [0, 0.1) is 0 Å². The topological polar surface area (TPSA) is 21.7 Å². The van der Waals surface area contributed by atoms with Gasteiger partial charge < -0.3 is 9.05 Å². The van der Waals surface area contributed by atoms with Gasteiger partial charge >= 0.3 is 8.53 Å². The van der Waals surface area contributed by atoms with Crippen LogP contribution in [0.5, 0.6) is 5.75 Å². The molecule has 1 heterocycles. The molecule has 0 saturated heterocycles. The number of nitrogens with zero attached hydrogens (tertiary/aromatic N) is 1. The minimum Gasteiger partial charge on any atom is -0.435 e. The summed E-state index contributed by atoms with van der Waals surface area (Å²) in [6.45, 7) is 5.87. The number of fused-ring (bicyclic) bond motifs is 1. The first-order valence-corrected chi connectivity index (χ1v) is 8.43. The van der Waals surface area contributed by atoms with Crippen molar-refractivity contribution < 1.29 is 9.05 Å². The van der Waals surface area contributed by atoms with E-state index in [0.717, 1.165) is 17.9 Å². The van der Waals surface area contributed by atoms with Gasteiger partial charge in [-0.25, -0.2) is 4.67 Å². The maximum atomic E-state index is 6.10. The number of hydrogen-bond donors (Lipinski definition) is 0. The molecule has 1 aliphatic heterocycles. The third kappa shape index (κ3) is 3.11. The fourth-order valence-electron chi connectivity index (χ4n) is 2.51. The summed E-state index contributed by atoms with van der Waals surface area (Å²) in [7, 11) is -1.05. The van der Waals surface area contributed by atoms with E-state index in [1.807, 2.05) is 24.3 Å². The van der Waals surface area contributed by atoms with Crippen molar-refractivity contribution in [3.05, 3.63) is 65.7 Å². The molecule has 0 saturated carbocycles. The molecule has 0 N–H and O–H groups in total. The van der Waals surface area contributed by atoms with Crippen molar-refractivity contribution in [1.82, 2.24) is 4.67 Å². The van der Waals surface area contributed by atoms with Crippen molar-refractivity contribution in [2.75, 3.05) is 6.54 Å². The Morgan fingerprint density at radius 2 is 1.81 bits per heavy atom. The average Bonchev–Trinajstić information content (AvgIpc) is 2.56. The molecule has 3 rings (SSSR count). The monoisotopic (exact) mass is 301 g/mol. The van der Waals surface area contributed by atoms with Crippen LogP contribution in [-0.2, 0) is 11.1 Å². The lowest BCUT2D eigenvalue weighted by molar-refractivity contribution is 0.214. The molecule has 2 atom stereocenters. The molecular formula is C17H20NO2P. The predicted molar refractivity (Wildman–Crippen MR) is 86.0 cm³/mol. The van der Waals surface area contributed by atoms with E-state index in [1.54, 1.807) is 0 Å². The molecule has 0 spiro atoms. The Bertz CT molecular complexity index is 590. The van der Waals surface area contributed by atoms with Crippen molar-refractivity contribution in [3.8, 4) is 5.75 Å². The minimum atomic E-state index is -1.05. The molecule has 110 valence electrons. The molecule has 0 bridgehead atoms. The lowest BCUT2D eigenvalue weighted by atomic mass is 10.1. The van der Waals surface area contributed by atoms with Gasteiger partial charge in [-0.1, -0.05) is 55.5 Å². The van der Waals surface area contributed by atoms with Crippen LogP contribution in [-0.4, -0.2) is 11.2 Å². The zero-order valence-electron chi connectivity index (χ0n) is 12.4. The molecule has 1 aliphatic rings. The molecular weight excluding hydrogens is 281 g/mol. The highest BCUT2D eigenvalue weighted by Gasteiger charge is 2.31. The van der Waals surface area contributed by atoms with Crippen LogP contribution in [0.1, 0.15) is 31.0 Å². The molecule has 0 aliphatic carbocycles. The summed E-state index contributed by atoms with van der Waals surface area (Å²) in [5.41, 5.74) is 2.41. The van der Waals surface area contributed by atoms with Crippen molar-refractivity contribution >= 4 is 8.53 Å². The van der Waals surface area contributed by atoms with Crippen LogP contribution in [0.25, 0.3) is 0 Å². The third-order valence-electron chi connectivity index (χ3n) is 3.74. The number of rotatable bonds is 4. The third-order valence-corrected chi connectivity index (χ3v) is 5.49. The van der Waals surface area contributed by atoms with E-state index in [9.17, 15) is 0 Å². The van der Waals surface area contributed by atoms with Gasteiger partial charge in [0, 0.05) is 18.2 Å². The predicted octanol–water partition coefficient (Wildman–Crippen LogP) is 4.91. The minimum absolute atomic E-state index is 0.271. The van der Waals surface area contributed by atoms with E-state index in [1.165, 1.54) is 5.56 Å². The summed E-state index contributed by atoms with van der Waals surface area (Å²) >= 11 is 0. The number of benzene rings is 2. The van der Waals surface area contributed by atoms with Gasteiger partial charge in [-0.15, -0.1) is 0 Å². The van der Waals surface area contributed by atoms with Crippen LogP contribution >= 0.6 is 8.53 Å². The van der Waals surface area contributed by atoms with Crippen molar-refractivity contribution in [3.63, 3.8) is 0 Å². The first-order chi connectivity index (χ1) is 10.3. The second-order valence-electron chi connectivity index (χ2n) is 5.05. The molecule has 0 radical (unpaired) electrons. The standard InChI is InChI=1S/C17H20NO2P/c1-3-18(14(2)15-9-5-4-6-10-15)21-19-13-16-11-7-8-12-17(16)20-21/h4-12,14H,3,13H2,1-2H3/t14-,21?/m0/s1. The Morgan fingerprint density at radius 1 is 1.10 bits per heavy atom. The molecule has 0 fully saturated rings. The zero-order valence-corrected chi connectivity index (χ0v) is 13.3. The Morgan fingerprint density at radius 3 is 2.57 bits per heavy atom. The summed E-state index contributed by atoms with van der Waals surface area (Å²) in [6, 6.07) is 18.9. The highest BCUT2D eigenvalue weighted by Crippen LogP contribution is 2.52. The highest BCUT2D eigenvalue weighted by atomic mass is 31.2. The fourth-order valence-corrected chi connectivity index (χ4v) is 4.06. The summed E-state index contributed by atoms with van der Waals surface area (Å²) in [5, 5.41) is 0. The van der Waals surface area contributed by atoms with E-state index >= 15 is 0 Å². The SMILES string of the molecule is CCN([C@@H](C)c1ccccc1)P1OCc2ccccc2O1. The maximum Gasteiger partial charge on any atom is 0.321 e. The molecule has 3 nitrogen and oxygen atoms in total. The number of para-hydroxylation sites is 1. The van der Waals surface area contributed by atoms with E-state index in [-0.39, 0.29) is 6.04 Å². The summed E-state index contributed by atoms with van der Waals surface area (Å²) in [4.78, 5) is 0. The molecule has 0 amide bonds. The van der Waals surface area contributed by atoms with Crippen LogP contribution in [0.4, 0.5) is 0 Å². The van der Waals surface area contributed by atoms with Crippen molar-refractivity contribution in [2.45, 2.75) is 26.5 Å². The van der Waals surface area contributed by atoms with Gasteiger partial charge in [0.25, 0.3) is 0 Å². The van der Waals surface area contributed by atoms with Gasteiger partial charge in [0.1, 0.15) is 5.75 Å². The van der Waals surface area contributed by atoms with Crippen LogP contribution in [0.2, 0.25) is 0 Å². The van der Waals surface area contributed by atoms with Gasteiger partial charge in [0.05, 0.1) is 6.61 Å². The lowest BCUT2D eigenvalue weighted by Crippen LogP contribution is -2.26. The smallest absolute Gasteiger partial charge is 0.321 e. The van der Waals surface area contributed by atoms with Gasteiger partial charge in [-0.3, -0.25) is 0 Å².